The third-order valence-corrected chi connectivity index (χ3v) is 3.78. The lowest BCUT2D eigenvalue weighted by molar-refractivity contribution is -0.704. The summed E-state index contributed by atoms with van der Waals surface area (Å²) in [7, 11) is 0. The normalized spacial score (nSPS) is 11.6. The molecule has 0 aliphatic carbocycles. The molecule has 23 heavy (non-hydrogen) atoms. The second-order valence-electron chi connectivity index (χ2n) is 5.24. The Kier molecular flexibility index (Phi) is 4.34. The molecule has 0 saturated carbocycles. The highest BCUT2D eigenvalue weighted by atomic mass is 16.4. The lowest BCUT2D eigenvalue weighted by Gasteiger charge is -2.13. The second-order valence-corrected chi connectivity index (χ2v) is 5.24. The third kappa shape index (κ3) is 3.21. The van der Waals surface area contributed by atoms with Gasteiger partial charge in [0, 0.05) is 28.8 Å². The van der Waals surface area contributed by atoms with Gasteiger partial charge in [0.1, 0.15) is 0 Å². The van der Waals surface area contributed by atoms with Crippen molar-refractivity contribution in [3.63, 3.8) is 0 Å². The standard InChI is InChI=1S/C19H17N3O/c20-19(21-23)17-11-13-22(14-12-17)18(15-7-3-1-4-8-15)16-9-5-2-6-10-16/h1-14,18H,20H2/p+1. The zero-order chi connectivity index (χ0) is 16.1. The van der Waals surface area contributed by atoms with Crippen molar-refractivity contribution in [3.8, 4) is 0 Å². The molecule has 0 spiro atoms. The molecular formula is C19H18N3O+. The summed E-state index contributed by atoms with van der Waals surface area (Å²) in [6.07, 6.45) is 3.88. The smallest absolute Gasteiger partial charge is 0.208 e. The quantitative estimate of drug-likeness (QED) is 0.256. The van der Waals surface area contributed by atoms with E-state index in [1.165, 1.54) is 11.1 Å². The van der Waals surface area contributed by atoms with E-state index in [9.17, 15) is 0 Å². The topological polar surface area (TPSA) is 62.5 Å². The van der Waals surface area contributed by atoms with E-state index in [1.807, 2.05) is 60.9 Å². The van der Waals surface area contributed by atoms with Gasteiger partial charge in [0.15, 0.2) is 18.2 Å². The van der Waals surface area contributed by atoms with Gasteiger partial charge in [0.2, 0.25) is 6.04 Å². The van der Waals surface area contributed by atoms with E-state index in [1.54, 1.807) is 0 Å². The lowest BCUT2D eigenvalue weighted by atomic mass is 9.98. The Balaban J connectivity index is 2.06. The number of pyridine rings is 1. The average molecular weight is 304 g/mol. The number of hydrogen-bond acceptors (Lipinski definition) is 2. The summed E-state index contributed by atoms with van der Waals surface area (Å²) in [5.41, 5.74) is 8.71. The molecule has 114 valence electrons. The number of benzene rings is 2. The van der Waals surface area contributed by atoms with E-state index in [2.05, 4.69) is 34.0 Å². The van der Waals surface area contributed by atoms with Gasteiger partial charge >= 0.3 is 0 Å². The van der Waals surface area contributed by atoms with Crippen LogP contribution in [-0.4, -0.2) is 11.0 Å². The van der Waals surface area contributed by atoms with Crippen LogP contribution in [0.3, 0.4) is 0 Å². The summed E-state index contributed by atoms with van der Waals surface area (Å²) < 4.78 is 2.11. The van der Waals surface area contributed by atoms with Gasteiger partial charge in [-0.3, -0.25) is 0 Å². The number of rotatable bonds is 4. The maximum Gasteiger partial charge on any atom is 0.208 e. The first-order valence-corrected chi connectivity index (χ1v) is 7.38. The van der Waals surface area contributed by atoms with Crippen LogP contribution in [0.4, 0.5) is 0 Å². The summed E-state index contributed by atoms with van der Waals surface area (Å²) in [6.45, 7) is 0. The second kappa shape index (κ2) is 6.75. The summed E-state index contributed by atoms with van der Waals surface area (Å²) in [4.78, 5) is 0. The van der Waals surface area contributed by atoms with Crippen molar-refractivity contribution in [1.29, 1.82) is 0 Å². The van der Waals surface area contributed by atoms with E-state index in [0.29, 0.717) is 5.56 Å². The van der Waals surface area contributed by atoms with Crippen LogP contribution in [0.5, 0.6) is 0 Å². The highest BCUT2D eigenvalue weighted by Gasteiger charge is 2.22. The van der Waals surface area contributed by atoms with Gasteiger partial charge in [-0.15, -0.1) is 0 Å². The maximum absolute atomic E-state index is 8.78. The van der Waals surface area contributed by atoms with Gasteiger partial charge in [0.25, 0.3) is 0 Å². The minimum absolute atomic E-state index is 0.0683. The molecule has 3 N–H and O–H groups in total. The zero-order valence-corrected chi connectivity index (χ0v) is 12.6. The number of oxime groups is 1. The van der Waals surface area contributed by atoms with Crippen LogP contribution in [0.25, 0.3) is 0 Å². The van der Waals surface area contributed by atoms with Crippen molar-refractivity contribution in [1.82, 2.24) is 0 Å². The molecule has 0 bridgehead atoms. The summed E-state index contributed by atoms with van der Waals surface area (Å²) >= 11 is 0. The molecule has 0 atom stereocenters. The first kappa shape index (κ1) is 14.8. The fourth-order valence-electron chi connectivity index (χ4n) is 2.65. The van der Waals surface area contributed by atoms with Gasteiger partial charge in [-0.1, -0.05) is 65.8 Å². The summed E-state index contributed by atoms with van der Waals surface area (Å²) in [6, 6.07) is 24.4. The maximum atomic E-state index is 8.78. The Hall–Kier alpha value is -3.14. The molecule has 1 heterocycles. The molecule has 0 aliphatic heterocycles. The number of nitrogens with zero attached hydrogens (tertiary/aromatic N) is 2. The Morgan fingerprint density at radius 3 is 1.74 bits per heavy atom. The first-order chi connectivity index (χ1) is 11.3. The number of nitrogens with two attached hydrogens (primary N) is 1. The van der Waals surface area contributed by atoms with Crippen molar-refractivity contribution >= 4 is 5.84 Å². The molecule has 0 amide bonds. The van der Waals surface area contributed by atoms with Crippen molar-refractivity contribution in [2.24, 2.45) is 10.9 Å². The molecule has 3 aromatic rings. The molecule has 0 unspecified atom stereocenters. The van der Waals surface area contributed by atoms with Gasteiger partial charge in [0.05, 0.1) is 0 Å². The molecular weight excluding hydrogens is 286 g/mol. The van der Waals surface area contributed by atoms with E-state index in [4.69, 9.17) is 10.9 Å². The fourth-order valence-corrected chi connectivity index (χ4v) is 2.65. The zero-order valence-electron chi connectivity index (χ0n) is 12.6. The van der Waals surface area contributed by atoms with E-state index >= 15 is 0 Å². The molecule has 1 aromatic heterocycles. The third-order valence-electron chi connectivity index (χ3n) is 3.78. The predicted octanol–water partition coefficient (Wildman–Crippen LogP) is 2.71. The molecule has 3 rings (SSSR count). The molecule has 2 aromatic carbocycles. The minimum Gasteiger partial charge on any atom is -0.409 e. The minimum atomic E-state index is 0.0683. The number of amidine groups is 1. The summed E-state index contributed by atoms with van der Waals surface area (Å²) in [5, 5.41) is 11.8. The molecule has 0 fully saturated rings. The highest BCUT2D eigenvalue weighted by molar-refractivity contribution is 5.96. The number of hydrogen-bond donors (Lipinski definition) is 2. The van der Waals surface area contributed by atoms with Crippen LogP contribution in [-0.2, 0) is 0 Å². The van der Waals surface area contributed by atoms with Crippen molar-refractivity contribution in [2.75, 3.05) is 0 Å². The van der Waals surface area contributed by atoms with Crippen LogP contribution in [0.2, 0.25) is 0 Å². The first-order valence-electron chi connectivity index (χ1n) is 7.38. The van der Waals surface area contributed by atoms with Gasteiger partial charge in [-0.05, 0) is 0 Å². The van der Waals surface area contributed by atoms with Crippen molar-refractivity contribution < 1.29 is 9.77 Å². The predicted molar refractivity (Wildman–Crippen MR) is 89.3 cm³/mol. The Labute approximate surface area is 135 Å². The Morgan fingerprint density at radius 2 is 1.30 bits per heavy atom. The van der Waals surface area contributed by atoms with Gasteiger partial charge in [-0.2, -0.15) is 4.57 Å². The monoisotopic (exact) mass is 304 g/mol. The van der Waals surface area contributed by atoms with Gasteiger partial charge in [-0.25, -0.2) is 0 Å². The molecule has 0 saturated heterocycles. The van der Waals surface area contributed by atoms with Gasteiger partial charge < -0.3 is 10.9 Å². The molecule has 4 nitrogen and oxygen atoms in total. The van der Waals surface area contributed by atoms with E-state index in [-0.39, 0.29) is 11.9 Å². The molecule has 0 radical (unpaired) electrons. The van der Waals surface area contributed by atoms with Crippen LogP contribution >= 0.6 is 0 Å². The largest absolute Gasteiger partial charge is 0.409 e. The summed E-state index contributed by atoms with van der Waals surface area (Å²) in [5.74, 6) is 0.105. The molecule has 0 aliphatic rings. The van der Waals surface area contributed by atoms with Crippen molar-refractivity contribution in [2.45, 2.75) is 6.04 Å². The van der Waals surface area contributed by atoms with Crippen LogP contribution in [0, 0.1) is 0 Å². The lowest BCUT2D eigenvalue weighted by Crippen LogP contribution is -2.40. The SMILES string of the molecule is NC(=NO)c1cc[n+](C(c2ccccc2)c2ccccc2)cc1. The van der Waals surface area contributed by atoms with E-state index < -0.39 is 0 Å². The number of aromatic nitrogens is 1. The van der Waals surface area contributed by atoms with E-state index in [0.717, 1.165) is 0 Å². The van der Waals surface area contributed by atoms with Crippen LogP contribution < -0.4 is 10.3 Å². The molecule has 4 heteroatoms. The average Bonchev–Trinajstić information content (AvgIpc) is 2.64. The highest BCUT2D eigenvalue weighted by Crippen LogP contribution is 2.21. The fraction of sp³-hybridized carbons (Fsp3) is 0.0526. The van der Waals surface area contributed by atoms with Crippen LogP contribution in [0.1, 0.15) is 22.7 Å². The van der Waals surface area contributed by atoms with Crippen molar-refractivity contribution in [3.05, 3.63) is 102 Å². The van der Waals surface area contributed by atoms with Crippen LogP contribution in [0.15, 0.2) is 90.3 Å². The Bertz CT molecular complexity index is 744. The Morgan fingerprint density at radius 1 is 0.826 bits per heavy atom.